The van der Waals surface area contributed by atoms with Gasteiger partial charge in [0.05, 0.1) is 0 Å². The second-order valence-corrected chi connectivity index (χ2v) is 5.02. The van der Waals surface area contributed by atoms with E-state index in [1.165, 1.54) is 16.7 Å². The molecule has 1 nitrogen and oxygen atoms in total. The third-order valence-corrected chi connectivity index (χ3v) is 3.69. The number of carbonyl (C=O) groups excluding carboxylic acids is 1. The molecular formula is C15H20O. The van der Waals surface area contributed by atoms with Crippen molar-refractivity contribution >= 4 is 5.78 Å². The Morgan fingerprint density at radius 2 is 2.12 bits per heavy atom. The van der Waals surface area contributed by atoms with Gasteiger partial charge in [-0.2, -0.15) is 0 Å². The first-order chi connectivity index (χ1) is 7.66. The standard InChI is InChI=1S/C15H20O/c1-11-6-7-13(12(2)10-11)8-9-14-4-3-5-15(14)16/h6-7,10,14H,3-5,8-9H2,1-2H3. The first-order valence-electron chi connectivity index (χ1n) is 6.25. The molecule has 0 bridgehead atoms. The number of Topliss-reactive ketones (excluding diaryl/α,β-unsaturated/α-hetero) is 1. The van der Waals surface area contributed by atoms with E-state index in [1.807, 2.05) is 0 Å². The molecule has 1 aromatic rings. The highest BCUT2D eigenvalue weighted by Gasteiger charge is 2.23. The third kappa shape index (κ3) is 2.52. The highest BCUT2D eigenvalue weighted by atomic mass is 16.1. The van der Waals surface area contributed by atoms with Gasteiger partial charge in [0.25, 0.3) is 0 Å². The summed E-state index contributed by atoms with van der Waals surface area (Å²) in [7, 11) is 0. The fraction of sp³-hybridized carbons (Fsp3) is 0.533. The van der Waals surface area contributed by atoms with E-state index in [0.29, 0.717) is 11.7 Å². The van der Waals surface area contributed by atoms with Gasteiger partial charge < -0.3 is 0 Å². The summed E-state index contributed by atoms with van der Waals surface area (Å²) in [5.41, 5.74) is 4.09. The van der Waals surface area contributed by atoms with Crippen LogP contribution in [-0.2, 0) is 11.2 Å². The molecule has 0 saturated heterocycles. The van der Waals surface area contributed by atoms with Gasteiger partial charge in [-0.15, -0.1) is 0 Å². The molecule has 0 amide bonds. The first-order valence-corrected chi connectivity index (χ1v) is 6.25. The average Bonchev–Trinajstić information content (AvgIpc) is 2.63. The number of ketones is 1. The molecule has 0 N–H and O–H groups in total. The van der Waals surface area contributed by atoms with Crippen LogP contribution in [0.3, 0.4) is 0 Å². The van der Waals surface area contributed by atoms with Crippen molar-refractivity contribution in [2.24, 2.45) is 5.92 Å². The van der Waals surface area contributed by atoms with Gasteiger partial charge in [-0.05, 0) is 50.7 Å². The average molecular weight is 216 g/mol. The zero-order chi connectivity index (χ0) is 11.5. The lowest BCUT2D eigenvalue weighted by Gasteiger charge is -2.10. The lowest BCUT2D eigenvalue weighted by Crippen LogP contribution is -2.07. The summed E-state index contributed by atoms with van der Waals surface area (Å²) >= 11 is 0. The smallest absolute Gasteiger partial charge is 0.135 e. The van der Waals surface area contributed by atoms with Crippen LogP contribution in [0.4, 0.5) is 0 Å². The Labute approximate surface area is 97.9 Å². The van der Waals surface area contributed by atoms with Crippen molar-refractivity contribution in [3.63, 3.8) is 0 Å². The summed E-state index contributed by atoms with van der Waals surface area (Å²) in [6.45, 7) is 4.29. The lowest BCUT2D eigenvalue weighted by atomic mass is 9.95. The predicted molar refractivity (Wildman–Crippen MR) is 66.6 cm³/mol. The van der Waals surface area contributed by atoms with Gasteiger partial charge in [0.15, 0.2) is 0 Å². The van der Waals surface area contributed by atoms with Crippen molar-refractivity contribution in [1.82, 2.24) is 0 Å². The van der Waals surface area contributed by atoms with Gasteiger partial charge in [-0.1, -0.05) is 23.8 Å². The fourth-order valence-electron chi connectivity index (χ4n) is 2.65. The van der Waals surface area contributed by atoms with E-state index in [2.05, 4.69) is 32.0 Å². The third-order valence-electron chi connectivity index (χ3n) is 3.69. The molecular weight excluding hydrogens is 196 g/mol. The second-order valence-electron chi connectivity index (χ2n) is 5.02. The van der Waals surface area contributed by atoms with Crippen molar-refractivity contribution in [3.05, 3.63) is 34.9 Å². The van der Waals surface area contributed by atoms with E-state index in [4.69, 9.17) is 0 Å². The van der Waals surface area contributed by atoms with Crippen LogP contribution < -0.4 is 0 Å². The van der Waals surface area contributed by atoms with Gasteiger partial charge in [0.1, 0.15) is 5.78 Å². The fourth-order valence-corrected chi connectivity index (χ4v) is 2.65. The molecule has 16 heavy (non-hydrogen) atoms. The summed E-state index contributed by atoms with van der Waals surface area (Å²) in [5.74, 6) is 0.838. The quantitative estimate of drug-likeness (QED) is 0.754. The zero-order valence-corrected chi connectivity index (χ0v) is 10.3. The minimum atomic E-state index is 0.348. The van der Waals surface area contributed by atoms with Crippen LogP contribution >= 0.6 is 0 Å². The predicted octanol–water partition coefficient (Wildman–Crippen LogP) is 3.61. The monoisotopic (exact) mass is 216 g/mol. The molecule has 2 rings (SSSR count). The molecule has 1 atom stereocenters. The van der Waals surface area contributed by atoms with Crippen molar-refractivity contribution in [3.8, 4) is 0 Å². The van der Waals surface area contributed by atoms with Crippen molar-refractivity contribution in [1.29, 1.82) is 0 Å². The van der Waals surface area contributed by atoms with Gasteiger partial charge in [0, 0.05) is 12.3 Å². The van der Waals surface area contributed by atoms with Crippen molar-refractivity contribution in [2.45, 2.75) is 46.0 Å². The Kier molecular flexibility index (Phi) is 3.42. The highest BCUT2D eigenvalue weighted by molar-refractivity contribution is 5.82. The number of aryl methyl sites for hydroxylation is 3. The van der Waals surface area contributed by atoms with Crippen LogP contribution in [0.2, 0.25) is 0 Å². The largest absolute Gasteiger partial charge is 0.299 e. The number of carbonyl (C=O) groups is 1. The molecule has 1 aromatic carbocycles. The number of benzene rings is 1. The second kappa shape index (κ2) is 4.82. The minimum Gasteiger partial charge on any atom is -0.299 e. The normalized spacial score (nSPS) is 20.4. The summed E-state index contributed by atoms with van der Waals surface area (Å²) in [6.07, 6.45) is 5.14. The highest BCUT2D eigenvalue weighted by Crippen LogP contribution is 2.26. The molecule has 1 saturated carbocycles. The van der Waals surface area contributed by atoms with Gasteiger partial charge in [-0.3, -0.25) is 4.79 Å². The lowest BCUT2D eigenvalue weighted by molar-refractivity contribution is -0.120. The van der Waals surface area contributed by atoms with Gasteiger partial charge in [-0.25, -0.2) is 0 Å². The Balaban J connectivity index is 1.96. The van der Waals surface area contributed by atoms with Crippen LogP contribution in [0.25, 0.3) is 0 Å². The maximum atomic E-state index is 11.5. The van der Waals surface area contributed by atoms with Crippen LogP contribution in [0.5, 0.6) is 0 Å². The first kappa shape index (κ1) is 11.4. The van der Waals surface area contributed by atoms with E-state index < -0.39 is 0 Å². The summed E-state index contributed by atoms with van der Waals surface area (Å²) in [4.78, 5) is 11.5. The van der Waals surface area contributed by atoms with Crippen molar-refractivity contribution < 1.29 is 4.79 Å². The van der Waals surface area contributed by atoms with E-state index in [1.54, 1.807) is 0 Å². The summed E-state index contributed by atoms with van der Waals surface area (Å²) in [6, 6.07) is 6.61. The van der Waals surface area contributed by atoms with Crippen LogP contribution in [0.15, 0.2) is 18.2 Å². The van der Waals surface area contributed by atoms with E-state index >= 15 is 0 Å². The van der Waals surface area contributed by atoms with Crippen LogP contribution in [-0.4, -0.2) is 5.78 Å². The molecule has 86 valence electrons. The molecule has 0 heterocycles. The Morgan fingerprint density at radius 3 is 2.75 bits per heavy atom. The number of rotatable bonds is 3. The summed E-state index contributed by atoms with van der Waals surface area (Å²) in [5, 5.41) is 0. The molecule has 0 spiro atoms. The maximum absolute atomic E-state index is 11.5. The maximum Gasteiger partial charge on any atom is 0.135 e. The Morgan fingerprint density at radius 1 is 1.31 bits per heavy atom. The molecule has 0 radical (unpaired) electrons. The minimum absolute atomic E-state index is 0.348. The van der Waals surface area contributed by atoms with Crippen molar-refractivity contribution in [2.75, 3.05) is 0 Å². The van der Waals surface area contributed by atoms with Gasteiger partial charge >= 0.3 is 0 Å². The summed E-state index contributed by atoms with van der Waals surface area (Å²) < 4.78 is 0. The molecule has 1 aliphatic rings. The topological polar surface area (TPSA) is 17.1 Å². The van der Waals surface area contributed by atoms with E-state index in [0.717, 1.165) is 32.1 Å². The molecule has 0 aliphatic heterocycles. The molecule has 0 aromatic heterocycles. The SMILES string of the molecule is Cc1ccc(CCC2CCCC2=O)c(C)c1. The zero-order valence-electron chi connectivity index (χ0n) is 10.3. The molecule has 1 fully saturated rings. The van der Waals surface area contributed by atoms with Crippen LogP contribution in [0.1, 0.15) is 42.4 Å². The van der Waals surface area contributed by atoms with Gasteiger partial charge in [0.2, 0.25) is 0 Å². The molecule has 1 aliphatic carbocycles. The number of hydrogen-bond acceptors (Lipinski definition) is 1. The Hall–Kier alpha value is -1.11. The number of hydrogen-bond donors (Lipinski definition) is 0. The Bertz CT molecular complexity index is 392. The molecule has 1 unspecified atom stereocenters. The molecule has 1 heteroatoms. The van der Waals surface area contributed by atoms with Crippen LogP contribution in [0, 0.1) is 19.8 Å². The van der Waals surface area contributed by atoms with E-state index in [-0.39, 0.29) is 0 Å². The van der Waals surface area contributed by atoms with E-state index in [9.17, 15) is 4.79 Å².